The fraction of sp³-hybridized carbons (Fsp3) is 0.593. The molecule has 1 aromatic carbocycles. The summed E-state index contributed by atoms with van der Waals surface area (Å²) in [6, 6.07) is 5.05. The molecule has 10 nitrogen and oxygen atoms in total. The topological polar surface area (TPSA) is 154 Å². The van der Waals surface area contributed by atoms with E-state index in [0.717, 1.165) is 5.56 Å². The number of rotatable bonds is 18. The first-order chi connectivity index (χ1) is 18.0. The van der Waals surface area contributed by atoms with Gasteiger partial charge in [0.15, 0.2) is 0 Å². The average Bonchev–Trinajstić information content (AvgIpc) is 2.88. The molecule has 0 unspecified atom stereocenters. The Morgan fingerprint density at radius 1 is 0.921 bits per heavy atom. The molecule has 0 aromatic heterocycles. The number of carboxylic acids is 1. The van der Waals surface area contributed by atoms with Gasteiger partial charge < -0.3 is 26.4 Å². The Morgan fingerprint density at radius 3 is 2.05 bits per heavy atom. The zero-order chi connectivity index (χ0) is 28.7. The van der Waals surface area contributed by atoms with Gasteiger partial charge in [-0.05, 0) is 42.2 Å². The highest BCUT2D eigenvalue weighted by Crippen LogP contribution is 2.13. The van der Waals surface area contributed by atoms with Crippen molar-refractivity contribution >= 4 is 41.9 Å². The number of carboxylic acid groups (broad SMARTS) is 1. The highest BCUT2D eigenvalue weighted by atomic mass is 32.2. The van der Waals surface area contributed by atoms with Crippen LogP contribution in [-0.4, -0.2) is 71.4 Å². The van der Waals surface area contributed by atoms with Crippen molar-refractivity contribution in [3.63, 3.8) is 0 Å². The fourth-order valence-electron chi connectivity index (χ4n) is 3.85. The number of amides is 4. The third-order valence-electron chi connectivity index (χ3n) is 6.23. The van der Waals surface area contributed by atoms with Crippen LogP contribution in [0.25, 0.3) is 0 Å². The minimum Gasteiger partial charge on any atom is -0.480 e. The van der Waals surface area contributed by atoms with E-state index in [2.05, 4.69) is 21.3 Å². The molecule has 0 aliphatic heterocycles. The normalized spacial score (nSPS) is 14.9. The molecule has 0 spiro atoms. The molecule has 5 atom stereocenters. The molecule has 0 fully saturated rings. The monoisotopic (exact) mass is 550 g/mol. The van der Waals surface area contributed by atoms with Gasteiger partial charge in [0.2, 0.25) is 24.1 Å². The van der Waals surface area contributed by atoms with Crippen molar-refractivity contribution in [3.05, 3.63) is 35.9 Å². The smallest absolute Gasteiger partial charge is 0.326 e. The molecule has 0 radical (unpaired) electrons. The van der Waals surface area contributed by atoms with E-state index in [-0.39, 0.29) is 24.7 Å². The SMILES string of the molecule is CC[C@H](C)[C@H](NC(=O)[C@H](CCSC)NC=O)C(=O)N[C@@H](CC(C)C)C(=O)N[C@@H](Cc1ccccc1)C(=O)O. The van der Waals surface area contributed by atoms with E-state index in [9.17, 15) is 29.1 Å². The largest absolute Gasteiger partial charge is 0.480 e. The zero-order valence-electron chi connectivity index (χ0n) is 22.9. The minimum absolute atomic E-state index is 0.0211. The molecule has 1 aromatic rings. The van der Waals surface area contributed by atoms with Crippen LogP contribution in [0.15, 0.2) is 30.3 Å². The van der Waals surface area contributed by atoms with Crippen LogP contribution < -0.4 is 21.3 Å². The summed E-state index contributed by atoms with van der Waals surface area (Å²) in [7, 11) is 0. The summed E-state index contributed by atoms with van der Waals surface area (Å²) in [6.07, 6.45) is 3.70. The van der Waals surface area contributed by atoms with Crippen molar-refractivity contribution < 1.29 is 29.1 Å². The van der Waals surface area contributed by atoms with E-state index >= 15 is 0 Å². The predicted molar refractivity (Wildman–Crippen MR) is 148 cm³/mol. The van der Waals surface area contributed by atoms with Crippen LogP contribution in [-0.2, 0) is 30.4 Å². The number of benzene rings is 1. The lowest BCUT2D eigenvalue weighted by molar-refractivity contribution is -0.142. The summed E-state index contributed by atoms with van der Waals surface area (Å²) in [5.41, 5.74) is 0.754. The second kappa shape index (κ2) is 17.4. The Kier molecular flexibility index (Phi) is 15.1. The number of nitrogens with one attached hydrogen (secondary N) is 4. The summed E-state index contributed by atoms with van der Waals surface area (Å²) >= 11 is 1.53. The van der Waals surface area contributed by atoms with Crippen LogP contribution in [0.1, 0.15) is 52.5 Å². The van der Waals surface area contributed by atoms with Gasteiger partial charge in [-0.25, -0.2) is 4.79 Å². The molecule has 0 heterocycles. The first kappa shape index (κ1) is 32.9. The van der Waals surface area contributed by atoms with Crippen LogP contribution >= 0.6 is 11.8 Å². The first-order valence-corrected chi connectivity index (χ1v) is 14.3. The third-order valence-corrected chi connectivity index (χ3v) is 6.87. The van der Waals surface area contributed by atoms with Gasteiger partial charge in [0.1, 0.15) is 24.2 Å². The van der Waals surface area contributed by atoms with Gasteiger partial charge in [-0.1, -0.05) is 64.4 Å². The number of thioether (sulfide) groups is 1. The molecule has 0 saturated heterocycles. The summed E-state index contributed by atoms with van der Waals surface area (Å²) in [5.74, 6) is -2.41. The van der Waals surface area contributed by atoms with Crippen molar-refractivity contribution in [1.82, 2.24) is 21.3 Å². The van der Waals surface area contributed by atoms with E-state index in [0.29, 0.717) is 25.0 Å². The van der Waals surface area contributed by atoms with Crippen molar-refractivity contribution in [1.29, 1.82) is 0 Å². The van der Waals surface area contributed by atoms with Gasteiger partial charge in [0, 0.05) is 6.42 Å². The van der Waals surface area contributed by atoms with Crippen molar-refractivity contribution in [2.75, 3.05) is 12.0 Å². The Hall–Kier alpha value is -3.08. The maximum absolute atomic E-state index is 13.4. The predicted octanol–water partition coefficient (Wildman–Crippen LogP) is 1.73. The highest BCUT2D eigenvalue weighted by Gasteiger charge is 2.33. The van der Waals surface area contributed by atoms with Crippen LogP contribution in [0.2, 0.25) is 0 Å². The molecule has 38 heavy (non-hydrogen) atoms. The maximum atomic E-state index is 13.4. The van der Waals surface area contributed by atoms with Gasteiger partial charge in [-0.3, -0.25) is 19.2 Å². The second-order valence-electron chi connectivity index (χ2n) is 9.77. The van der Waals surface area contributed by atoms with Crippen LogP contribution in [0.3, 0.4) is 0 Å². The molecule has 11 heteroatoms. The molecule has 1 rings (SSSR count). The van der Waals surface area contributed by atoms with Crippen LogP contribution in [0.4, 0.5) is 0 Å². The van der Waals surface area contributed by atoms with Gasteiger partial charge in [-0.2, -0.15) is 11.8 Å². The number of carbonyl (C=O) groups is 5. The van der Waals surface area contributed by atoms with Gasteiger partial charge in [0.05, 0.1) is 0 Å². The second-order valence-corrected chi connectivity index (χ2v) is 10.8. The molecule has 0 bridgehead atoms. The Morgan fingerprint density at radius 2 is 1.53 bits per heavy atom. The Bertz CT molecular complexity index is 914. The van der Waals surface area contributed by atoms with E-state index in [1.165, 1.54) is 11.8 Å². The van der Waals surface area contributed by atoms with Gasteiger partial charge in [-0.15, -0.1) is 0 Å². The molecular weight excluding hydrogens is 508 g/mol. The molecule has 0 saturated carbocycles. The van der Waals surface area contributed by atoms with E-state index in [1.807, 2.05) is 40.0 Å². The molecule has 0 aliphatic rings. The van der Waals surface area contributed by atoms with Crippen molar-refractivity contribution in [3.8, 4) is 0 Å². The van der Waals surface area contributed by atoms with Gasteiger partial charge >= 0.3 is 5.97 Å². The minimum atomic E-state index is -1.18. The zero-order valence-corrected chi connectivity index (χ0v) is 23.7. The molecule has 212 valence electrons. The lowest BCUT2D eigenvalue weighted by Crippen LogP contribution is -2.59. The first-order valence-electron chi connectivity index (χ1n) is 12.9. The number of aliphatic carboxylic acids is 1. The third kappa shape index (κ3) is 11.5. The number of hydrogen-bond acceptors (Lipinski definition) is 6. The molecule has 4 amide bonds. The Labute approximate surface area is 229 Å². The molecule has 5 N–H and O–H groups in total. The van der Waals surface area contributed by atoms with E-state index in [1.54, 1.807) is 24.3 Å². The standard InChI is InChI=1S/C27H42N4O6S/c1-6-18(4)23(31-24(33)20(28-16-32)12-13-38-5)26(35)29-21(14-17(2)3)25(34)30-22(27(36)37)15-19-10-8-7-9-11-19/h7-11,16-18,20-23H,6,12-15H2,1-5H3,(H,28,32)(H,29,35)(H,30,34)(H,31,33)(H,36,37)/t18-,20-,21-,22-,23-/m0/s1. The Balaban J connectivity index is 3.06. The van der Waals surface area contributed by atoms with Crippen LogP contribution in [0, 0.1) is 11.8 Å². The van der Waals surface area contributed by atoms with Crippen molar-refractivity contribution in [2.45, 2.75) is 77.5 Å². The lowest BCUT2D eigenvalue weighted by Gasteiger charge is -2.29. The fourth-order valence-corrected chi connectivity index (χ4v) is 4.32. The summed E-state index contributed by atoms with van der Waals surface area (Å²) in [6.45, 7) is 7.47. The maximum Gasteiger partial charge on any atom is 0.326 e. The quantitative estimate of drug-likeness (QED) is 0.174. The summed E-state index contributed by atoms with van der Waals surface area (Å²) in [5, 5.41) is 20.2. The van der Waals surface area contributed by atoms with E-state index in [4.69, 9.17) is 0 Å². The molecular formula is C27H42N4O6S. The number of carbonyl (C=O) groups excluding carboxylic acids is 4. The van der Waals surface area contributed by atoms with E-state index < -0.39 is 47.9 Å². The van der Waals surface area contributed by atoms with Crippen LogP contribution in [0.5, 0.6) is 0 Å². The average molecular weight is 551 g/mol. The number of hydrogen-bond donors (Lipinski definition) is 5. The summed E-state index contributed by atoms with van der Waals surface area (Å²) in [4.78, 5) is 62.3. The summed E-state index contributed by atoms with van der Waals surface area (Å²) < 4.78 is 0. The molecule has 0 aliphatic carbocycles. The van der Waals surface area contributed by atoms with Gasteiger partial charge in [0.25, 0.3) is 0 Å². The highest BCUT2D eigenvalue weighted by molar-refractivity contribution is 7.98. The lowest BCUT2D eigenvalue weighted by atomic mass is 9.96. The van der Waals surface area contributed by atoms with Crippen molar-refractivity contribution in [2.24, 2.45) is 11.8 Å².